The summed E-state index contributed by atoms with van der Waals surface area (Å²) in [6.07, 6.45) is 0. The minimum absolute atomic E-state index is 0.140. The smallest absolute Gasteiger partial charge is 0.339 e. The van der Waals surface area contributed by atoms with Gasteiger partial charge in [-0.3, -0.25) is 9.59 Å². The Bertz CT molecular complexity index is 805. The summed E-state index contributed by atoms with van der Waals surface area (Å²) in [5.74, 6) is -1.41. The molecule has 0 heterocycles. The van der Waals surface area contributed by atoms with Crippen molar-refractivity contribution in [3.05, 3.63) is 64.1 Å². The Morgan fingerprint density at radius 3 is 2.38 bits per heavy atom. The summed E-state index contributed by atoms with van der Waals surface area (Å²) >= 11 is 3.25. The Labute approximate surface area is 160 Å². The molecular formula is C19H19BrN2O4. The molecule has 0 aromatic heterocycles. The molecule has 2 rings (SSSR count). The highest BCUT2D eigenvalue weighted by atomic mass is 79.9. The van der Waals surface area contributed by atoms with Crippen LogP contribution in [0.1, 0.15) is 15.9 Å². The molecule has 0 bridgehead atoms. The first-order valence-corrected chi connectivity index (χ1v) is 8.68. The van der Waals surface area contributed by atoms with Crippen LogP contribution in [0.25, 0.3) is 0 Å². The van der Waals surface area contributed by atoms with Crippen molar-refractivity contribution in [3.63, 3.8) is 0 Å². The van der Waals surface area contributed by atoms with Crippen LogP contribution in [0.3, 0.4) is 0 Å². The van der Waals surface area contributed by atoms with E-state index in [0.717, 1.165) is 5.56 Å². The van der Waals surface area contributed by atoms with Crippen molar-refractivity contribution in [1.29, 1.82) is 0 Å². The Balaban J connectivity index is 1.81. The van der Waals surface area contributed by atoms with E-state index in [0.29, 0.717) is 15.7 Å². The predicted molar refractivity (Wildman–Crippen MR) is 102 cm³/mol. The maximum Gasteiger partial charge on any atom is 0.339 e. The molecule has 2 aromatic rings. The molecule has 0 spiro atoms. The molecule has 0 aliphatic carbocycles. The van der Waals surface area contributed by atoms with Gasteiger partial charge >= 0.3 is 5.97 Å². The van der Waals surface area contributed by atoms with Gasteiger partial charge in [-0.15, -0.1) is 0 Å². The summed E-state index contributed by atoms with van der Waals surface area (Å²) in [6, 6.07) is 14.1. The lowest BCUT2D eigenvalue weighted by Gasteiger charge is -2.17. The van der Waals surface area contributed by atoms with Crippen molar-refractivity contribution in [1.82, 2.24) is 4.90 Å². The molecular weight excluding hydrogens is 400 g/mol. The summed E-state index contributed by atoms with van der Waals surface area (Å²) < 4.78 is 5.60. The van der Waals surface area contributed by atoms with Crippen LogP contribution >= 0.6 is 15.9 Å². The topological polar surface area (TPSA) is 75.7 Å². The SMILES string of the molecule is Cc1ccc(NC(=O)CN(C)C(=O)COC(=O)c2ccccc2Br)cc1. The van der Waals surface area contributed by atoms with Gasteiger partial charge in [0.15, 0.2) is 6.61 Å². The molecule has 136 valence electrons. The normalized spacial score (nSPS) is 10.1. The number of likely N-dealkylation sites (N-methyl/N-ethyl adjacent to an activating group) is 1. The van der Waals surface area contributed by atoms with E-state index in [1.54, 1.807) is 36.4 Å². The van der Waals surface area contributed by atoms with E-state index in [2.05, 4.69) is 21.2 Å². The van der Waals surface area contributed by atoms with E-state index >= 15 is 0 Å². The number of ether oxygens (including phenoxy) is 1. The Morgan fingerprint density at radius 1 is 1.08 bits per heavy atom. The molecule has 2 amide bonds. The number of esters is 1. The number of nitrogens with zero attached hydrogens (tertiary/aromatic N) is 1. The molecule has 0 aliphatic rings. The van der Waals surface area contributed by atoms with Crippen LogP contribution in [-0.2, 0) is 14.3 Å². The molecule has 6 nitrogen and oxygen atoms in total. The third-order valence-corrected chi connectivity index (χ3v) is 4.25. The van der Waals surface area contributed by atoms with Crippen LogP contribution < -0.4 is 5.32 Å². The van der Waals surface area contributed by atoms with Crippen LogP contribution in [0.2, 0.25) is 0 Å². The second-order valence-corrected chi connectivity index (χ2v) is 6.57. The van der Waals surface area contributed by atoms with Crippen LogP contribution in [0.5, 0.6) is 0 Å². The minimum Gasteiger partial charge on any atom is -0.452 e. The lowest BCUT2D eigenvalue weighted by atomic mass is 10.2. The van der Waals surface area contributed by atoms with Gasteiger partial charge < -0.3 is 15.0 Å². The average Bonchev–Trinajstić information content (AvgIpc) is 2.61. The highest BCUT2D eigenvalue weighted by molar-refractivity contribution is 9.10. The number of nitrogens with one attached hydrogen (secondary N) is 1. The number of aryl methyl sites for hydroxylation is 1. The molecule has 1 N–H and O–H groups in total. The second-order valence-electron chi connectivity index (χ2n) is 5.72. The minimum atomic E-state index is -0.608. The molecule has 26 heavy (non-hydrogen) atoms. The number of amides is 2. The molecule has 0 unspecified atom stereocenters. The van der Waals surface area contributed by atoms with Crippen molar-refractivity contribution in [3.8, 4) is 0 Å². The van der Waals surface area contributed by atoms with Crippen LogP contribution in [-0.4, -0.2) is 42.9 Å². The number of anilines is 1. The number of hydrogen-bond donors (Lipinski definition) is 1. The summed E-state index contributed by atoms with van der Waals surface area (Å²) in [5, 5.41) is 2.71. The highest BCUT2D eigenvalue weighted by Crippen LogP contribution is 2.16. The van der Waals surface area contributed by atoms with E-state index in [9.17, 15) is 14.4 Å². The maximum atomic E-state index is 12.1. The van der Waals surface area contributed by atoms with Gasteiger partial charge in [-0.2, -0.15) is 0 Å². The Kier molecular flexibility index (Phi) is 6.91. The quantitative estimate of drug-likeness (QED) is 0.731. The van der Waals surface area contributed by atoms with Crippen LogP contribution in [0, 0.1) is 6.92 Å². The van der Waals surface area contributed by atoms with Gasteiger partial charge in [0, 0.05) is 17.2 Å². The van der Waals surface area contributed by atoms with E-state index in [-0.39, 0.29) is 12.5 Å². The fourth-order valence-corrected chi connectivity index (χ4v) is 2.53. The highest BCUT2D eigenvalue weighted by Gasteiger charge is 2.17. The zero-order valence-corrected chi connectivity index (χ0v) is 16.1. The standard InChI is InChI=1S/C19H19BrN2O4/c1-13-7-9-14(10-8-13)21-17(23)11-22(2)18(24)12-26-19(25)15-5-3-4-6-16(15)20/h3-10H,11-12H2,1-2H3,(H,21,23). The van der Waals surface area contributed by atoms with E-state index in [1.165, 1.54) is 11.9 Å². The van der Waals surface area contributed by atoms with E-state index in [4.69, 9.17) is 4.74 Å². The number of carbonyl (C=O) groups excluding carboxylic acids is 3. The summed E-state index contributed by atoms with van der Waals surface area (Å²) in [4.78, 5) is 37.2. The number of benzene rings is 2. The molecule has 0 atom stereocenters. The van der Waals surface area contributed by atoms with Crippen molar-refractivity contribution >= 4 is 39.4 Å². The third kappa shape index (κ3) is 5.70. The molecule has 7 heteroatoms. The molecule has 0 radical (unpaired) electrons. The van der Waals surface area contributed by atoms with Crippen LogP contribution in [0.4, 0.5) is 5.69 Å². The van der Waals surface area contributed by atoms with Crippen LogP contribution in [0.15, 0.2) is 53.0 Å². The molecule has 0 saturated carbocycles. The summed E-state index contributed by atoms with van der Waals surface area (Å²) in [6.45, 7) is 1.38. The molecule has 0 saturated heterocycles. The van der Waals surface area contributed by atoms with Gasteiger partial charge in [0.25, 0.3) is 5.91 Å². The van der Waals surface area contributed by atoms with Gasteiger partial charge in [0.05, 0.1) is 12.1 Å². The largest absolute Gasteiger partial charge is 0.452 e. The first-order chi connectivity index (χ1) is 12.4. The van der Waals surface area contributed by atoms with Gasteiger partial charge in [-0.25, -0.2) is 4.79 Å². The van der Waals surface area contributed by atoms with Gasteiger partial charge in [-0.05, 0) is 47.1 Å². The fourth-order valence-electron chi connectivity index (χ4n) is 2.08. The third-order valence-electron chi connectivity index (χ3n) is 3.56. The summed E-state index contributed by atoms with van der Waals surface area (Å²) in [5.41, 5.74) is 2.07. The number of carbonyl (C=O) groups is 3. The van der Waals surface area contributed by atoms with Gasteiger partial charge in [-0.1, -0.05) is 29.8 Å². The van der Waals surface area contributed by atoms with Crippen molar-refractivity contribution in [2.75, 3.05) is 25.5 Å². The van der Waals surface area contributed by atoms with Crippen molar-refractivity contribution < 1.29 is 19.1 Å². The monoisotopic (exact) mass is 418 g/mol. The maximum absolute atomic E-state index is 12.1. The summed E-state index contributed by atoms with van der Waals surface area (Å²) in [7, 11) is 1.48. The van der Waals surface area contributed by atoms with Crippen molar-refractivity contribution in [2.45, 2.75) is 6.92 Å². The number of hydrogen-bond acceptors (Lipinski definition) is 4. The zero-order valence-electron chi connectivity index (χ0n) is 14.5. The Hall–Kier alpha value is -2.67. The molecule has 0 aliphatic heterocycles. The first-order valence-electron chi connectivity index (χ1n) is 7.89. The average molecular weight is 419 g/mol. The Morgan fingerprint density at radius 2 is 1.73 bits per heavy atom. The van der Waals surface area contributed by atoms with E-state index < -0.39 is 18.5 Å². The molecule has 2 aromatic carbocycles. The van der Waals surface area contributed by atoms with Crippen molar-refractivity contribution in [2.24, 2.45) is 0 Å². The lowest BCUT2D eigenvalue weighted by Crippen LogP contribution is -2.37. The molecule has 0 fully saturated rings. The van der Waals surface area contributed by atoms with Gasteiger partial charge in [0.1, 0.15) is 0 Å². The second kappa shape index (κ2) is 9.15. The van der Waals surface area contributed by atoms with Gasteiger partial charge in [0.2, 0.25) is 5.91 Å². The fraction of sp³-hybridized carbons (Fsp3) is 0.211. The number of rotatable bonds is 6. The number of halogens is 1. The lowest BCUT2D eigenvalue weighted by molar-refractivity contribution is -0.136. The predicted octanol–water partition coefficient (Wildman–Crippen LogP) is 3.01. The zero-order chi connectivity index (χ0) is 19.1. The first kappa shape index (κ1) is 19.7. The van der Waals surface area contributed by atoms with E-state index in [1.807, 2.05) is 19.1 Å².